The molecule has 0 aliphatic carbocycles. The van der Waals surface area contributed by atoms with Crippen LogP contribution in [0.15, 0.2) is 4.99 Å². The summed E-state index contributed by atoms with van der Waals surface area (Å²) in [6.07, 6.45) is 2.03. The molecule has 10 heavy (non-hydrogen) atoms. The van der Waals surface area contributed by atoms with E-state index in [9.17, 15) is 0 Å². The molecule has 0 saturated carbocycles. The van der Waals surface area contributed by atoms with E-state index in [1.165, 1.54) is 0 Å². The molecule has 0 spiro atoms. The van der Waals surface area contributed by atoms with Gasteiger partial charge in [-0.1, -0.05) is 0 Å². The molecule has 1 unspecified atom stereocenters. The minimum Gasteiger partial charge on any atom is -0.484 e. The molecule has 0 fully saturated rings. The SMILES string of the molecule is COCC1CCC(OC)=N1. The highest BCUT2D eigenvalue weighted by atomic mass is 16.5. The molecule has 58 valence electrons. The predicted octanol–water partition coefficient (Wildman–Crippen LogP) is 0.840. The third-order valence-electron chi connectivity index (χ3n) is 1.61. The lowest BCUT2D eigenvalue weighted by Crippen LogP contribution is -2.07. The van der Waals surface area contributed by atoms with Gasteiger partial charge in [-0.15, -0.1) is 0 Å². The van der Waals surface area contributed by atoms with Crippen LogP contribution < -0.4 is 0 Å². The third kappa shape index (κ3) is 1.70. The van der Waals surface area contributed by atoms with Crippen LogP contribution in [0.1, 0.15) is 12.8 Å². The molecule has 1 heterocycles. The van der Waals surface area contributed by atoms with Gasteiger partial charge in [0.05, 0.1) is 19.8 Å². The van der Waals surface area contributed by atoms with E-state index in [1.54, 1.807) is 14.2 Å². The van der Waals surface area contributed by atoms with Gasteiger partial charge >= 0.3 is 0 Å². The summed E-state index contributed by atoms with van der Waals surface area (Å²) in [7, 11) is 3.36. The zero-order chi connectivity index (χ0) is 7.40. The van der Waals surface area contributed by atoms with E-state index in [1.807, 2.05) is 0 Å². The van der Waals surface area contributed by atoms with Crippen molar-refractivity contribution in [1.82, 2.24) is 0 Å². The van der Waals surface area contributed by atoms with E-state index >= 15 is 0 Å². The molecule has 0 saturated heterocycles. The van der Waals surface area contributed by atoms with Gasteiger partial charge in [-0.25, -0.2) is 4.99 Å². The highest BCUT2D eigenvalue weighted by Crippen LogP contribution is 2.13. The molecule has 0 aromatic rings. The van der Waals surface area contributed by atoms with Gasteiger partial charge in [0.1, 0.15) is 0 Å². The van der Waals surface area contributed by atoms with E-state index in [4.69, 9.17) is 9.47 Å². The van der Waals surface area contributed by atoms with Crippen molar-refractivity contribution < 1.29 is 9.47 Å². The van der Waals surface area contributed by atoms with Crippen LogP contribution in [0.4, 0.5) is 0 Å². The number of nitrogens with zero attached hydrogens (tertiary/aromatic N) is 1. The van der Waals surface area contributed by atoms with Crippen LogP contribution in [0.2, 0.25) is 0 Å². The summed E-state index contributed by atoms with van der Waals surface area (Å²) in [6.45, 7) is 0.715. The molecule has 0 N–H and O–H groups in total. The lowest BCUT2D eigenvalue weighted by Gasteiger charge is -2.01. The first kappa shape index (κ1) is 7.54. The second-order valence-electron chi connectivity index (χ2n) is 2.37. The first-order valence-electron chi connectivity index (χ1n) is 3.46. The molecular formula is C7H13NO2. The summed E-state index contributed by atoms with van der Waals surface area (Å²) in [4.78, 5) is 4.27. The summed E-state index contributed by atoms with van der Waals surface area (Å²) in [5.74, 6) is 0.863. The van der Waals surface area contributed by atoms with E-state index in [0.29, 0.717) is 12.6 Å². The molecule has 0 amide bonds. The van der Waals surface area contributed by atoms with Crippen molar-refractivity contribution in [2.24, 2.45) is 4.99 Å². The number of rotatable bonds is 2. The molecule has 3 nitrogen and oxygen atoms in total. The summed E-state index contributed by atoms with van der Waals surface area (Å²) in [5.41, 5.74) is 0. The molecule has 1 aliphatic heterocycles. The molecule has 0 aromatic carbocycles. The number of hydrogen-bond acceptors (Lipinski definition) is 3. The summed E-state index contributed by atoms with van der Waals surface area (Å²) in [5, 5.41) is 0. The van der Waals surface area contributed by atoms with Crippen molar-refractivity contribution >= 4 is 5.90 Å². The molecule has 0 aromatic heterocycles. The maximum absolute atomic E-state index is 4.98. The minimum atomic E-state index is 0.333. The Kier molecular flexibility index (Phi) is 2.68. The number of hydrogen-bond donors (Lipinski definition) is 0. The Morgan fingerprint density at radius 1 is 1.60 bits per heavy atom. The van der Waals surface area contributed by atoms with Gasteiger partial charge in [0.15, 0.2) is 5.90 Å². The van der Waals surface area contributed by atoms with Gasteiger partial charge in [-0.05, 0) is 6.42 Å². The standard InChI is InChI=1S/C7H13NO2/c1-9-5-6-3-4-7(8-6)10-2/h6H,3-5H2,1-2H3. The highest BCUT2D eigenvalue weighted by molar-refractivity contribution is 5.77. The first-order chi connectivity index (χ1) is 4.86. The molecule has 0 bridgehead atoms. The molecular weight excluding hydrogens is 130 g/mol. The van der Waals surface area contributed by atoms with Crippen LogP contribution >= 0.6 is 0 Å². The highest BCUT2D eigenvalue weighted by Gasteiger charge is 2.16. The van der Waals surface area contributed by atoms with Gasteiger partial charge in [-0.2, -0.15) is 0 Å². The normalized spacial score (nSPS) is 24.6. The zero-order valence-corrected chi connectivity index (χ0v) is 6.46. The van der Waals surface area contributed by atoms with Crippen molar-refractivity contribution in [2.45, 2.75) is 18.9 Å². The molecule has 1 rings (SSSR count). The fourth-order valence-electron chi connectivity index (χ4n) is 1.09. The van der Waals surface area contributed by atoms with E-state index in [0.717, 1.165) is 18.7 Å². The first-order valence-corrected chi connectivity index (χ1v) is 3.46. The third-order valence-corrected chi connectivity index (χ3v) is 1.61. The molecule has 1 aliphatic rings. The number of methoxy groups -OCH3 is 2. The van der Waals surface area contributed by atoms with E-state index in [-0.39, 0.29) is 0 Å². The lowest BCUT2D eigenvalue weighted by atomic mass is 10.2. The largest absolute Gasteiger partial charge is 0.484 e. The average Bonchev–Trinajstić information content (AvgIpc) is 2.37. The zero-order valence-electron chi connectivity index (χ0n) is 6.46. The van der Waals surface area contributed by atoms with Gasteiger partial charge < -0.3 is 9.47 Å². The summed E-state index contributed by atoms with van der Waals surface area (Å²) < 4.78 is 9.94. The van der Waals surface area contributed by atoms with E-state index in [2.05, 4.69) is 4.99 Å². The topological polar surface area (TPSA) is 30.8 Å². The smallest absolute Gasteiger partial charge is 0.183 e. The van der Waals surface area contributed by atoms with Crippen molar-refractivity contribution in [3.8, 4) is 0 Å². The number of ether oxygens (including phenoxy) is 2. The van der Waals surface area contributed by atoms with Crippen molar-refractivity contribution in [2.75, 3.05) is 20.8 Å². The Balaban J connectivity index is 2.32. The van der Waals surface area contributed by atoms with Crippen LogP contribution in [0, 0.1) is 0 Å². The van der Waals surface area contributed by atoms with Gasteiger partial charge in [-0.3, -0.25) is 0 Å². The fourth-order valence-corrected chi connectivity index (χ4v) is 1.09. The Morgan fingerprint density at radius 3 is 2.90 bits per heavy atom. The van der Waals surface area contributed by atoms with Crippen molar-refractivity contribution in [3.63, 3.8) is 0 Å². The molecule has 0 radical (unpaired) electrons. The number of aliphatic imine (C=N–C) groups is 1. The fraction of sp³-hybridized carbons (Fsp3) is 0.857. The molecule has 1 atom stereocenters. The molecule has 3 heteroatoms. The summed E-state index contributed by atoms with van der Waals surface area (Å²) >= 11 is 0. The average molecular weight is 143 g/mol. The van der Waals surface area contributed by atoms with Crippen molar-refractivity contribution in [1.29, 1.82) is 0 Å². The van der Waals surface area contributed by atoms with E-state index < -0.39 is 0 Å². The van der Waals surface area contributed by atoms with Crippen molar-refractivity contribution in [3.05, 3.63) is 0 Å². The lowest BCUT2D eigenvalue weighted by molar-refractivity contribution is 0.181. The van der Waals surface area contributed by atoms with Gasteiger partial charge in [0.25, 0.3) is 0 Å². The monoisotopic (exact) mass is 143 g/mol. The second-order valence-corrected chi connectivity index (χ2v) is 2.37. The summed E-state index contributed by atoms with van der Waals surface area (Å²) in [6, 6.07) is 0.333. The second kappa shape index (κ2) is 3.56. The predicted molar refractivity (Wildman–Crippen MR) is 39.3 cm³/mol. The Bertz CT molecular complexity index is 134. The maximum Gasteiger partial charge on any atom is 0.183 e. The quantitative estimate of drug-likeness (QED) is 0.573. The minimum absolute atomic E-state index is 0.333. The van der Waals surface area contributed by atoms with Crippen LogP contribution in [0.3, 0.4) is 0 Å². The van der Waals surface area contributed by atoms with Crippen LogP contribution in [-0.2, 0) is 9.47 Å². The van der Waals surface area contributed by atoms with Crippen LogP contribution in [0.25, 0.3) is 0 Å². The Morgan fingerprint density at radius 2 is 2.40 bits per heavy atom. The maximum atomic E-state index is 4.98. The van der Waals surface area contributed by atoms with Gasteiger partial charge in [0.2, 0.25) is 0 Å². The van der Waals surface area contributed by atoms with Crippen LogP contribution in [0.5, 0.6) is 0 Å². The Labute approximate surface area is 61.0 Å². The van der Waals surface area contributed by atoms with Gasteiger partial charge in [0, 0.05) is 13.5 Å². The Hall–Kier alpha value is -0.570. The van der Waals surface area contributed by atoms with Crippen LogP contribution in [-0.4, -0.2) is 32.8 Å².